The normalized spacial score (nSPS) is 10.8. The summed E-state index contributed by atoms with van der Waals surface area (Å²) >= 11 is 3.61. The van der Waals surface area contributed by atoms with Gasteiger partial charge in [-0.25, -0.2) is 0 Å². The molecule has 5 heteroatoms. The molecule has 2 aromatic rings. The van der Waals surface area contributed by atoms with E-state index in [1.807, 2.05) is 41.9 Å². The average Bonchev–Trinajstić information content (AvgIpc) is 2.79. The third kappa shape index (κ3) is 4.58. The smallest absolute Gasteiger partial charge is 0.119 e. The van der Waals surface area contributed by atoms with Gasteiger partial charge in [-0.05, 0) is 54.9 Å². The van der Waals surface area contributed by atoms with Gasteiger partial charge in [-0.2, -0.15) is 5.10 Å². The van der Waals surface area contributed by atoms with E-state index in [0.29, 0.717) is 0 Å². The molecule has 1 aromatic carbocycles. The Bertz CT molecular complexity index is 554. The minimum Gasteiger partial charge on any atom is -0.494 e. The molecule has 1 heterocycles. The van der Waals surface area contributed by atoms with E-state index in [-0.39, 0.29) is 0 Å². The van der Waals surface area contributed by atoms with E-state index in [0.717, 1.165) is 48.6 Å². The van der Waals surface area contributed by atoms with E-state index in [9.17, 15) is 0 Å². The van der Waals surface area contributed by atoms with E-state index >= 15 is 0 Å². The lowest BCUT2D eigenvalue weighted by molar-refractivity contribution is 0.307. The van der Waals surface area contributed by atoms with Gasteiger partial charge in [0.25, 0.3) is 0 Å². The van der Waals surface area contributed by atoms with Gasteiger partial charge in [-0.1, -0.05) is 18.2 Å². The van der Waals surface area contributed by atoms with Gasteiger partial charge in [-0.15, -0.1) is 0 Å². The van der Waals surface area contributed by atoms with Crippen LogP contribution >= 0.6 is 15.9 Å². The van der Waals surface area contributed by atoms with Crippen LogP contribution in [-0.4, -0.2) is 22.9 Å². The molecule has 1 N–H and O–H groups in total. The molecule has 21 heavy (non-hydrogen) atoms. The van der Waals surface area contributed by atoms with Gasteiger partial charge in [-0.3, -0.25) is 4.68 Å². The molecule has 0 bridgehead atoms. The van der Waals surface area contributed by atoms with Crippen molar-refractivity contribution in [3.63, 3.8) is 0 Å². The number of hydrogen-bond acceptors (Lipinski definition) is 3. The average molecular weight is 352 g/mol. The Balaban J connectivity index is 1.68. The number of halogens is 1. The third-order valence-corrected chi connectivity index (χ3v) is 4.29. The first-order chi connectivity index (χ1) is 10.2. The lowest BCUT2D eigenvalue weighted by atomic mass is 10.3. The van der Waals surface area contributed by atoms with Gasteiger partial charge in [0.2, 0.25) is 0 Å². The van der Waals surface area contributed by atoms with Crippen molar-refractivity contribution < 1.29 is 4.74 Å². The largest absolute Gasteiger partial charge is 0.494 e. The van der Waals surface area contributed by atoms with Crippen LogP contribution in [0.4, 0.5) is 0 Å². The first-order valence-corrected chi connectivity index (χ1v) is 8.12. The number of rotatable bonds is 8. The summed E-state index contributed by atoms with van der Waals surface area (Å²) in [5, 5.41) is 7.93. The van der Waals surface area contributed by atoms with Crippen LogP contribution in [0, 0.1) is 6.92 Å². The molecule has 0 fully saturated rings. The van der Waals surface area contributed by atoms with E-state index in [1.165, 1.54) is 5.69 Å². The number of hydrogen-bond donors (Lipinski definition) is 1. The minimum absolute atomic E-state index is 0.726. The quantitative estimate of drug-likeness (QED) is 0.739. The maximum atomic E-state index is 5.66. The van der Waals surface area contributed by atoms with Gasteiger partial charge in [0, 0.05) is 13.1 Å². The van der Waals surface area contributed by atoms with Crippen molar-refractivity contribution in [2.75, 3.05) is 13.2 Å². The first-order valence-electron chi connectivity index (χ1n) is 7.32. The minimum atomic E-state index is 0.726. The molecular weight excluding hydrogens is 330 g/mol. The van der Waals surface area contributed by atoms with E-state index in [1.54, 1.807) is 0 Å². The molecule has 0 spiro atoms. The molecule has 0 radical (unpaired) electrons. The molecule has 2 rings (SSSR count). The predicted molar refractivity (Wildman–Crippen MR) is 88.6 cm³/mol. The van der Waals surface area contributed by atoms with Crippen LogP contribution in [0.15, 0.2) is 34.8 Å². The van der Waals surface area contributed by atoms with Crippen molar-refractivity contribution in [2.24, 2.45) is 0 Å². The lowest BCUT2D eigenvalue weighted by Gasteiger charge is -2.08. The Kier molecular flexibility index (Phi) is 6.26. The molecule has 0 saturated heterocycles. The van der Waals surface area contributed by atoms with E-state index < -0.39 is 0 Å². The van der Waals surface area contributed by atoms with Crippen LogP contribution in [0.3, 0.4) is 0 Å². The highest BCUT2D eigenvalue weighted by atomic mass is 79.9. The van der Waals surface area contributed by atoms with Crippen molar-refractivity contribution in [3.8, 4) is 5.75 Å². The van der Waals surface area contributed by atoms with Crippen molar-refractivity contribution in [1.29, 1.82) is 0 Å². The number of para-hydroxylation sites is 1. The van der Waals surface area contributed by atoms with Crippen molar-refractivity contribution in [3.05, 3.63) is 46.2 Å². The molecule has 0 amide bonds. The summed E-state index contributed by atoms with van der Waals surface area (Å²) < 4.78 is 8.81. The Morgan fingerprint density at radius 1 is 1.29 bits per heavy atom. The summed E-state index contributed by atoms with van der Waals surface area (Å²) in [5.74, 6) is 0.930. The molecule has 4 nitrogen and oxygen atoms in total. The number of aromatic nitrogens is 2. The predicted octanol–water partition coefficient (Wildman–Crippen LogP) is 3.53. The Morgan fingerprint density at radius 3 is 2.76 bits per heavy atom. The summed E-state index contributed by atoms with van der Waals surface area (Å²) in [4.78, 5) is 0. The van der Waals surface area contributed by atoms with Crippen LogP contribution in [0.2, 0.25) is 0 Å². The first kappa shape index (κ1) is 16.0. The maximum Gasteiger partial charge on any atom is 0.119 e. The number of benzene rings is 1. The van der Waals surface area contributed by atoms with Gasteiger partial charge in [0.1, 0.15) is 5.75 Å². The standard InChI is InChI=1S/C16H22BrN3O/c1-3-20-15(16(17)13(2)19-20)12-18-10-7-11-21-14-8-5-4-6-9-14/h4-6,8-9,18H,3,7,10-12H2,1-2H3. The SMILES string of the molecule is CCn1nc(C)c(Br)c1CNCCCOc1ccccc1. The fourth-order valence-electron chi connectivity index (χ4n) is 2.15. The van der Waals surface area contributed by atoms with Gasteiger partial charge in [0.15, 0.2) is 0 Å². The zero-order chi connectivity index (χ0) is 15.1. The monoisotopic (exact) mass is 351 g/mol. The van der Waals surface area contributed by atoms with Crippen molar-refractivity contribution >= 4 is 15.9 Å². The fraction of sp³-hybridized carbons (Fsp3) is 0.438. The Hall–Kier alpha value is -1.33. The summed E-state index contributed by atoms with van der Waals surface area (Å²) in [5.41, 5.74) is 2.25. The molecular formula is C16H22BrN3O. The molecule has 114 valence electrons. The summed E-state index contributed by atoms with van der Waals surface area (Å²) in [6, 6.07) is 9.92. The zero-order valence-electron chi connectivity index (χ0n) is 12.6. The van der Waals surface area contributed by atoms with Gasteiger partial charge in [0.05, 0.1) is 22.5 Å². The Morgan fingerprint density at radius 2 is 2.05 bits per heavy atom. The van der Waals surface area contributed by atoms with Crippen molar-refractivity contribution in [2.45, 2.75) is 33.4 Å². The number of ether oxygens (including phenoxy) is 1. The highest BCUT2D eigenvalue weighted by Crippen LogP contribution is 2.20. The van der Waals surface area contributed by atoms with Gasteiger partial charge < -0.3 is 10.1 Å². The molecule has 0 atom stereocenters. The molecule has 0 saturated carbocycles. The summed E-state index contributed by atoms with van der Waals surface area (Å²) in [7, 11) is 0. The van der Waals surface area contributed by atoms with Gasteiger partial charge >= 0.3 is 0 Å². The summed E-state index contributed by atoms with van der Waals surface area (Å²) in [6.45, 7) is 7.49. The highest BCUT2D eigenvalue weighted by molar-refractivity contribution is 9.10. The zero-order valence-corrected chi connectivity index (χ0v) is 14.2. The lowest BCUT2D eigenvalue weighted by Crippen LogP contribution is -2.19. The number of aryl methyl sites for hydroxylation is 2. The molecule has 0 aliphatic rings. The molecule has 1 aromatic heterocycles. The highest BCUT2D eigenvalue weighted by Gasteiger charge is 2.10. The summed E-state index contributed by atoms with van der Waals surface area (Å²) in [6.07, 6.45) is 0.978. The maximum absolute atomic E-state index is 5.66. The van der Waals surface area contributed by atoms with Crippen LogP contribution in [0.1, 0.15) is 24.7 Å². The topological polar surface area (TPSA) is 39.1 Å². The molecule has 0 unspecified atom stereocenters. The number of nitrogens with zero attached hydrogens (tertiary/aromatic N) is 2. The van der Waals surface area contributed by atoms with E-state index in [4.69, 9.17) is 4.74 Å². The van der Waals surface area contributed by atoms with Crippen LogP contribution in [0.25, 0.3) is 0 Å². The van der Waals surface area contributed by atoms with Crippen LogP contribution in [-0.2, 0) is 13.1 Å². The van der Waals surface area contributed by atoms with Crippen LogP contribution < -0.4 is 10.1 Å². The van der Waals surface area contributed by atoms with Crippen molar-refractivity contribution in [1.82, 2.24) is 15.1 Å². The molecule has 0 aliphatic heterocycles. The molecule has 0 aliphatic carbocycles. The second kappa shape index (κ2) is 8.20. The number of nitrogens with one attached hydrogen (secondary N) is 1. The third-order valence-electron chi connectivity index (χ3n) is 3.26. The fourth-order valence-corrected chi connectivity index (χ4v) is 2.57. The van der Waals surface area contributed by atoms with E-state index in [2.05, 4.69) is 33.3 Å². The van der Waals surface area contributed by atoms with Crippen LogP contribution in [0.5, 0.6) is 5.75 Å². The Labute approximate surface area is 134 Å². The second-order valence-electron chi connectivity index (χ2n) is 4.85. The second-order valence-corrected chi connectivity index (χ2v) is 5.65.